The van der Waals surface area contributed by atoms with E-state index >= 15 is 0 Å². The number of hydrogen-bond acceptors (Lipinski definition) is 3. The Morgan fingerprint density at radius 1 is 0.882 bits per heavy atom. The molecule has 3 aromatic carbocycles. The molecule has 34 heavy (non-hydrogen) atoms. The van der Waals surface area contributed by atoms with Crippen LogP contribution in [0, 0.1) is 0 Å². The van der Waals surface area contributed by atoms with Gasteiger partial charge in [0.05, 0.1) is 22.2 Å². The fraction of sp³-hybridized carbons (Fsp3) is 0.0385. The number of pyridine rings is 1. The first-order valence-corrected chi connectivity index (χ1v) is 10.3. The highest BCUT2D eigenvalue weighted by molar-refractivity contribution is 6.15. The first-order chi connectivity index (χ1) is 16.3. The van der Waals surface area contributed by atoms with Crippen LogP contribution in [0.2, 0.25) is 0 Å². The Hall–Kier alpha value is -4.46. The third kappa shape index (κ3) is 3.90. The Morgan fingerprint density at radius 3 is 2.35 bits per heavy atom. The number of rotatable bonds is 4. The summed E-state index contributed by atoms with van der Waals surface area (Å²) in [6, 6.07) is 18.8. The molecule has 5 nitrogen and oxygen atoms in total. The molecule has 0 radical (unpaired) electrons. The SMILES string of the molecule is O=C(C=Cc1nc2ccccc2[nH]1)c1c(-c2ccccc2)c2cc(C(F)(F)F)ccc2[nH]c1=O. The lowest BCUT2D eigenvalue weighted by Gasteiger charge is -2.14. The highest BCUT2D eigenvalue weighted by atomic mass is 19.4. The topological polar surface area (TPSA) is 78.6 Å². The summed E-state index contributed by atoms with van der Waals surface area (Å²) in [6.07, 6.45) is -1.95. The minimum atomic E-state index is -4.58. The van der Waals surface area contributed by atoms with E-state index in [4.69, 9.17) is 0 Å². The van der Waals surface area contributed by atoms with E-state index in [1.54, 1.807) is 30.3 Å². The average Bonchev–Trinajstić information content (AvgIpc) is 3.24. The molecule has 0 fully saturated rings. The highest BCUT2D eigenvalue weighted by Crippen LogP contribution is 2.35. The standard InChI is InChI=1S/C26H16F3N3O2/c27-26(28,29)16-10-11-18-17(14-16)23(15-6-2-1-3-7-15)24(25(34)32-18)21(33)12-13-22-30-19-8-4-5-9-20(19)31-22/h1-14H,(H,30,31)(H,32,34). The van der Waals surface area contributed by atoms with E-state index in [-0.39, 0.29) is 22.0 Å². The summed E-state index contributed by atoms with van der Waals surface area (Å²) in [6.45, 7) is 0. The number of imidazole rings is 1. The zero-order valence-corrected chi connectivity index (χ0v) is 17.5. The molecule has 0 aliphatic carbocycles. The summed E-state index contributed by atoms with van der Waals surface area (Å²) in [7, 11) is 0. The number of aromatic amines is 2. The zero-order chi connectivity index (χ0) is 23.9. The van der Waals surface area contributed by atoms with E-state index in [9.17, 15) is 22.8 Å². The molecule has 5 rings (SSSR count). The number of nitrogens with one attached hydrogen (secondary N) is 2. The van der Waals surface area contributed by atoms with Gasteiger partial charge < -0.3 is 9.97 Å². The monoisotopic (exact) mass is 459 g/mol. The molecule has 0 bridgehead atoms. The van der Waals surface area contributed by atoms with Crippen LogP contribution in [0.3, 0.4) is 0 Å². The van der Waals surface area contributed by atoms with Gasteiger partial charge >= 0.3 is 6.18 Å². The lowest BCUT2D eigenvalue weighted by Crippen LogP contribution is -2.19. The number of ketones is 1. The summed E-state index contributed by atoms with van der Waals surface area (Å²) >= 11 is 0. The second-order valence-electron chi connectivity index (χ2n) is 7.67. The summed E-state index contributed by atoms with van der Waals surface area (Å²) in [5, 5.41) is 0.126. The normalized spacial score (nSPS) is 12.1. The number of nitrogens with zero attached hydrogens (tertiary/aromatic N) is 1. The van der Waals surface area contributed by atoms with E-state index in [2.05, 4.69) is 15.0 Å². The lowest BCUT2D eigenvalue weighted by atomic mass is 9.93. The summed E-state index contributed by atoms with van der Waals surface area (Å²) in [5.41, 5.74) is 0.486. The quantitative estimate of drug-likeness (QED) is 0.256. The van der Waals surface area contributed by atoms with Crippen molar-refractivity contribution in [2.24, 2.45) is 0 Å². The summed E-state index contributed by atoms with van der Waals surface area (Å²) in [5.74, 6) is -0.243. The number of aromatic nitrogens is 3. The summed E-state index contributed by atoms with van der Waals surface area (Å²) in [4.78, 5) is 36.1. The van der Waals surface area contributed by atoms with E-state index in [0.29, 0.717) is 16.9 Å². The predicted molar refractivity (Wildman–Crippen MR) is 124 cm³/mol. The molecule has 5 aromatic rings. The van der Waals surface area contributed by atoms with Crippen molar-refractivity contribution in [3.05, 3.63) is 106 Å². The highest BCUT2D eigenvalue weighted by Gasteiger charge is 2.31. The molecule has 0 amide bonds. The number of carbonyl (C=O) groups is 1. The van der Waals surface area contributed by atoms with Crippen LogP contribution in [0.25, 0.3) is 39.1 Å². The van der Waals surface area contributed by atoms with Gasteiger partial charge in [-0.25, -0.2) is 4.98 Å². The van der Waals surface area contributed by atoms with E-state index in [1.165, 1.54) is 18.2 Å². The molecule has 8 heteroatoms. The van der Waals surface area contributed by atoms with Gasteiger partial charge in [-0.2, -0.15) is 13.2 Å². The van der Waals surface area contributed by atoms with Crippen LogP contribution in [0.15, 0.2) is 83.7 Å². The molecule has 2 N–H and O–H groups in total. The Balaban J connectivity index is 1.69. The third-order valence-electron chi connectivity index (χ3n) is 5.45. The van der Waals surface area contributed by atoms with Crippen molar-refractivity contribution in [2.75, 3.05) is 0 Å². The lowest BCUT2D eigenvalue weighted by molar-refractivity contribution is -0.137. The predicted octanol–water partition coefficient (Wildman–Crippen LogP) is 5.99. The van der Waals surface area contributed by atoms with Crippen molar-refractivity contribution in [1.29, 1.82) is 0 Å². The molecule has 0 saturated heterocycles. The van der Waals surface area contributed by atoms with Crippen molar-refractivity contribution in [3.63, 3.8) is 0 Å². The van der Waals surface area contributed by atoms with E-state index < -0.39 is 23.1 Å². The molecular formula is C26H16F3N3O2. The molecule has 0 aliphatic rings. The van der Waals surface area contributed by atoms with Gasteiger partial charge in [0.15, 0.2) is 5.78 Å². The van der Waals surface area contributed by atoms with Gasteiger partial charge in [0, 0.05) is 16.5 Å². The minimum absolute atomic E-state index is 0.126. The smallest absolute Gasteiger partial charge is 0.338 e. The Labute approximate surface area is 190 Å². The molecule has 2 aromatic heterocycles. The number of benzene rings is 3. The van der Waals surface area contributed by atoms with E-state index in [0.717, 1.165) is 17.6 Å². The number of alkyl halides is 3. The van der Waals surface area contributed by atoms with Crippen LogP contribution in [0.4, 0.5) is 13.2 Å². The fourth-order valence-corrected chi connectivity index (χ4v) is 3.90. The third-order valence-corrected chi connectivity index (χ3v) is 5.45. The summed E-state index contributed by atoms with van der Waals surface area (Å²) < 4.78 is 40.3. The first kappa shape index (κ1) is 21.4. The molecular weight excluding hydrogens is 443 g/mol. The Bertz CT molecular complexity index is 1600. The number of fused-ring (bicyclic) bond motifs is 2. The number of carbonyl (C=O) groups excluding carboxylic acids is 1. The second-order valence-corrected chi connectivity index (χ2v) is 7.67. The average molecular weight is 459 g/mol. The number of halogens is 3. The van der Waals surface area contributed by atoms with Gasteiger partial charge in [0.2, 0.25) is 0 Å². The minimum Gasteiger partial charge on any atom is -0.338 e. The second kappa shape index (κ2) is 8.15. The van der Waals surface area contributed by atoms with Gasteiger partial charge in [-0.3, -0.25) is 9.59 Å². The van der Waals surface area contributed by atoms with Crippen molar-refractivity contribution in [2.45, 2.75) is 6.18 Å². The van der Waals surface area contributed by atoms with Crippen LogP contribution in [-0.2, 0) is 6.18 Å². The van der Waals surface area contributed by atoms with Crippen LogP contribution in [0.1, 0.15) is 21.7 Å². The van der Waals surface area contributed by atoms with Crippen molar-refractivity contribution < 1.29 is 18.0 Å². The number of H-pyrrole nitrogens is 2. The van der Waals surface area contributed by atoms with Gasteiger partial charge in [0.1, 0.15) is 5.82 Å². The van der Waals surface area contributed by atoms with E-state index in [1.807, 2.05) is 24.3 Å². The maximum Gasteiger partial charge on any atom is 0.416 e. The van der Waals surface area contributed by atoms with Gasteiger partial charge in [-0.1, -0.05) is 42.5 Å². The van der Waals surface area contributed by atoms with Gasteiger partial charge in [-0.05, 0) is 48.0 Å². The molecule has 168 valence electrons. The maximum atomic E-state index is 13.4. The Kier molecular flexibility index (Phi) is 5.13. The van der Waals surface area contributed by atoms with Crippen LogP contribution in [0.5, 0.6) is 0 Å². The Morgan fingerprint density at radius 2 is 1.62 bits per heavy atom. The van der Waals surface area contributed by atoms with Crippen molar-refractivity contribution in [1.82, 2.24) is 15.0 Å². The van der Waals surface area contributed by atoms with Crippen molar-refractivity contribution in [3.8, 4) is 11.1 Å². The molecule has 0 saturated carbocycles. The molecule has 0 unspecified atom stereocenters. The number of hydrogen-bond donors (Lipinski definition) is 2. The van der Waals surface area contributed by atoms with Crippen LogP contribution in [-0.4, -0.2) is 20.7 Å². The fourth-order valence-electron chi connectivity index (χ4n) is 3.90. The molecule has 0 spiro atoms. The van der Waals surface area contributed by atoms with Crippen molar-refractivity contribution >= 4 is 33.8 Å². The maximum absolute atomic E-state index is 13.4. The number of para-hydroxylation sites is 2. The van der Waals surface area contributed by atoms with Crippen LogP contribution >= 0.6 is 0 Å². The number of allylic oxidation sites excluding steroid dienone is 1. The first-order valence-electron chi connectivity index (χ1n) is 10.3. The van der Waals surface area contributed by atoms with Gasteiger partial charge in [-0.15, -0.1) is 0 Å². The largest absolute Gasteiger partial charge is 0.416 e. The van der Waals surface area contributed by atoms with Gasteiger partial charge in [0.25, 0.3) is 5.56 Å². The molecule has 0 atom stereocenters. The van der Waals surface area contributed by atoms with Crippen LogP contribution < -0.4 is 5.56 Å². The zero-order valence-electron chi connectivity index (χ0n) is 17.5. The molecule has 0 aliphatic heterocycles. The molecule has 2 heterocycles.